The maximum atomic E-state index is 10.1. The minimum Gasteiger partial charge on any atom is -0.504 e. The minimum atomic E-state index is -0.269. The molecule has 0 aromatic heterocycles. The van der Waals surface area contributed by atoms with Gasteiger partial charge in [-0.1, -0.05) is 12.1 Å². The molecule has 3 heterocycles. The van der Waals surface area contributed by atoms with Crippen LogP contribution in [0, 0.1) is 0 Å². The molecule has 6 heteroatoms. The van der Waals surface area contributed by atoms with Crippen molar-refractivity contribution in [2.45, 2.75) is 18.6 Å². The van der Waals surface area contributed by atoms with E-state index < -0.39 is 0 Å². The summed E-state index contributed by atoms with van der Waals surface area (Å²) in [6, 6.07) is 7.12. The van der Waals surface area contributed by atoms with E-state index in [9.17, 15) is 5.11 Å². The number of aromatic hydroxyl groups is 1. The van der Waals surface area contributed by atoms with Crippen molar-refractivity contribution in [1.29, 1.82) is 0 Å². The van der Waals surface area contributed by atoms with Crippen LogP contribution in [0.4, 0.5) is 0 Å². The van der Waals surface area contributed by atoms with Crippen LogP contribution in [-0.2, 0) is 0 Å². The molecule has 2 aromatic rings. The molecule has 0 aliphatic carbocycles. The fourth-order valence-corrected chi connectivity index (χ4v) is 3.49. The molecule has 0 radical (unpaired) electrons. The first-order valence-corrected chi connectivity index (χ1v) is 7.42. The van der Waals surface area contributed by atoms with Crippen LogP contribution in [0.1, 0.15) is 29.8 Å². The van der Waals surface area contributed by atoms with E-state index in [-0.39, 0.29) is 24.8 Å². The average molecular weight is 314 g/mol. The van der Waals surface area contributed by atoms with Gasteiger partial charge in [0.2, 0.25) is 12.5 Å². The summed E-state index contributed by atoms with van der Waals surface area (Å²) in [5.74, 6) is 3.00. The lowest BCUT2D eigenvalue weighted by Crippen LogP contribution is -2.28. The van der Waals surface area contributed by atoms with E-state index in [0.717, 1.165) is 11.1 Å². The summed E-state index contributed by atoms with van der Waals surface area (Å²) in [7, 11) is 1.58. The fourth-order valence-electron chi connectivity index (χ4n) is 3.49. The highest BCUT2D eigenvalue weighted by atomic mass is 16.7. The summed E-state index contributed by atoms with van der Waals surface area (Å²) >= 11 is 0. The molecule has 2 unspecified atom stereocenters. The number of phenols is 1. The molecule has 2 bridgehead atoms. The molecule has 1 N–H and O–H groups in total. The maximum absolute atomic E-state index is 10.1. The molecule has 2 atom stereocenters. The van der Waals surface area contributed by atoms with Gasteiger partial charge in [-0.05, 0) is 6.07 Å². The lowest BCUT2D eigenvalue weighted by Gasteiger charge is -2.38. The van der Waals surface area contributed by atoms with Gasteiger partial charge in [-0.15, -0.1) is 0 Å². The first-order chi connectivity index (χ1) is 11.3. The summed E-state index contributed by atoms with van der Waals surface area (Å²) in [6.45, 7) is 0.157. The number of phenolic OH excluding ortho intramolecular Hbond substituents is 1. The number of ether oxygens (including phenoxy) is 5. The van der Waals surface area contributed by atoms with Crippen molar-refractivity contribution in [2.24, 2.45) is 0 Å². The lowest BCUT2D eigenvalue weighted by molar-refractivity contribution is 0.0486. The number of rotatable bonds is 1. The average Bonchev–Trinajstić information content (AvgIpc) is 3.02. The summed E-state index contributed by atoms with van der Waals surface area (Å²) in [6.07, 6.45) is 0.210. The molecule has 23 heavy (non-hydrogen) atoms. The molecule has 0 fully saturated rings. The second-order valence-corrected chi connectivity index (χ2v) is 5.70. The summed E-state index contributed by atoms with van der Waals surface area (Å²) in [4.78, 5) is 0. The van der Waals surface area contributed by atoms with E-state index in [1.807, 2.05) is 12.1 Å². The van der Waals surface area contributed by atoms with Crippen molar-refractivity contribution >= 4 is 0 Å². The van der Waals surface area contributed by atoms with Gasteiger partial charge in [-0.2, -0.15) is 0 Å². The first-order valence-electron chi connectivity index (χ1n) is 7.42. The largest absolute Gasteiger partial charge is 0.504 e. The quantitative estimate of drug-likeness (QED) is 0.872. The molecule has 0 amide bonds. The third kappa shape index (κ3) is 1.63. The molecule has 3 aliphatic rings. The molecule has 3 aliphatic heterocycles. The van der Waals surface area contributed by atoms with Crippen molar-refractivity contribution in [3.8, 4) is 34.5 Å². The fraction of sp³-hybridized carbons (Fsp3) is 0.294. The number of benzene rings is 2. The number of fused-ring (bicyclic) bond motifs is 7. The third-order valence-corrected chi connectivity index (χ3v) is 4.48. The Morgan fingerprint density at radius 2 is 2.00 bits per heavy atom. The van der Waals surface area contributed by atoms with E-state index in [0.29, 0.717) is 35.2 Å². The zero-order chi connectivity index (χ0) is 15.6. The maximum Gasteiger partial charge on any atom is 0.231 e. The van der Waals surface area contributed by atoms with Gasteiger partial charge < -0.3 is 28.8 Å². The number of hydrogen-bond donors (Lipinski definition) is 1. The van der Waals surface area contributed by atoms with Crippen LogP contribution in [0.25, 0.3) is 0 Å². The Hall–Kier alpha value is -2.76. The van der Waals surface area contributed by atoms with Crippen LogP contribution in [0.5, 0.6) is 34.5 Å². The molecule has 2 aromatic carbocycles. The van der Waals surface area contributed by atoms with Gasteiger partial charge in [0.15, 0.2) is 23.0 Å². The predicted molar refractivity (Wildman–Crippen MR) is 78.6 cm³/mol. The standard InChI is InChI=1S/C17H14O6/c1-19-17-14-11(6-13-16(17)21-7-20-13)22-10-5-12(14)23-15-8(10)3-2-4-9(15)18/h2-4,6,10,12,18H,5,7H2,1H3. The van der Waals surface area contributed by atoms with Crippen molar-refractivity contribution in [1.82, 2.24) is 0 Å². The Kier molecular flexibility index (Phi) is 2.43. The highest BCUT2D eigenvalue weighted by Crippen LogP contribution is 2.58. The number of methoxy groups -OCH3 is 1. The molecule has 5 rings (SSSR count). The molecule has 0 spiro atoms. The van der Waals surface area contributed by atoms with Crippen molar-refractivity contribution < 1.29 is 28.8 Å². The highest BCUT2D eigenvalue weighted by Gasteiger charge is 2.42. The number of para-hydroxylation sites is 1. The molecule has 0 saturated carbocycles. The topological polar surface area (TPSA) is 66.4 Å². The van der Waals surface area contributed by atoms with Crippen LogP contribution in [0.3, 0.4) is 0 Å². The van der Waals surface area contributed by atoms with Gasteiger partial charge in [0.05, 0.1) is 12.7 Å². The van der Waals surface area contributed by atoms with Crippen molar-refractivity contribution in [3.05, 3.63) is 35.4 Å². The van der Waals surface area contributed by atoms with Gasteiger partial charge in [0.25, 0.3) is 0 Å². The van der Waals surface area contributed by atoms with Gasteiger partial charge in [0, 0.05) is 18.1 Å². The van der Waals surface area contributed by atoms with E-state index in [1.165, 1.54) is 0 Å². The zero-order valence-electron chi connectivity index (χ0n) is 12.4. The molecular weight excluding hydrogens is 300 g/mol. The zero-order valence-corrected chi connectivity index (χ0v) is 12.4. The smallest absolute Gasteiger partial charge is 0.231 e. The van der Waals surface area contributed by atoms with Gasteiger partial charge in [-0.25, -0.2) is 0 Å². The predicted octanol–water partition coefficient (Wildman–Crippen LogP) is 3.09. The SMILES string of the molecule is COc1c2c(cc3c1C1CC(O3)c3cccc(O)c3O1)OCO2. The van der Waals surface area contributed by atoms with Crippen LogP contribution in [0.2, 0.25) is 0 Å². The molecule has 118 valence electrons. The summed E-state index contributed by atoms with van der Waals surface area (Å²) < 4.78 is 28.7. The number of hydrogen-bond acceptors (Lipinski definition) is 6. The monoisotopic (exact) mass is 314 g/mol. The lowest BCUT2D eigenvalue weighted by atomic mass is 9.90. The van der Waals surface area contributed by atoms with E-state index >= 15 is 0 Å². The van der Waals surface area contributed by atoms with Crippen molar-refractivity contribution in [2.75, 3.05) is 13.9 Å². The Bertz CT molecular complexity index is 815. The van der Waals surface area contributed by atoms with E-state index in [2.05, 4.69) is 0 Å². The van der Waals surface area contributed by atoms with Crippen molar-refractivity contribution in [3.63, 3.8) is 0 Å². The van der Waals surface area contributed by atoms with Crippen LogP contribution >= 0.6 is 0 Å². The second-order valence-electron chi connectivity index (χ2n) is 5.70. The van der Waals surface area contributed by atoms with Gasteiger partial charge in [0.1, 0.15) is 18.0 Å². The van der Waals surface area contributed by atoms with Crippen LogP contribution in [0.15, 0.2) is 24.3 Å². The van der Waals surface area contributed by atoms with Crippen LogP contribution in [-0.4, -0.2) is 19.0 Å². The Morgan fingerprint density at radius 3 is 2.87 bits per heavy atom. The molecule has 0 saturated heterocycles. The third-order valence-electron chi connectivity index (χ3n) is 4.48. The second kappa shape index (κ2) is 4.38. The van der Waals surface area contributed by atoms with Gasteiger partial charge in [-0.3, -0.25) is 0 Å². The Labute approximate surface area is 132 Å². The normalized spacial score (nSPS) is 22.5. The van der Waals surface area contributed by atoms with E-state index in [4.69, 9.17) is 23.7 Å². The minimum absolute atomic E-state index is 0.115. The molecule has 6 nitrogen and oxygen atoms in total. The Morgan fingerprint density at radius 1 is 1.09 bits per heavy atom. The summed E-state index contributed by atoms with van der Waals surface area (Å²) in [5.41, 5.74) is 1.64. The van der Waals surface area contributed by atoms with Gasteiger partial charge >= 0.3 is 0 Å². The summed E-state index contributed by atoms with van der Waals surface area (Å²) in [5, 5.41) is 10.1. The Balaban J connectivity index is 1.70. The first kappa shape index (κ1) is 12.8. The highest BCUT2D eigenvalue weighted by molar-refractivity contribution is 5.65. The molecular formula is C17H14O6. The van der Waals surface area contributed by atoms with E-state index in [1.54, 1.807) is 19.2 Å². The van der Waals surface area contributed by atoms with Crippen LogP contribution < -0.4 is 23.7 Å².